The summed E-state index contributed by atoms with van der Waals surface area (Å²) in [5.74, 6) is 1.31. The molecule has 30 heavy (non-hydrogen) atoms. The van der Waals surface area contributed by atoms with Crippen LogP contribution in [0.25, 0.3) is 0 Å². The van der Waals surface area contributed by atoms with Gasteiger partial charge in [-0.05, 0) is 48.5 Å². The van der Waals surface area contributed by atoms with Crippen LogP contribution >= 0.6 is 14.5 Å². The average molecular weight is 426 g/mol. The highest BCUT2D eigenvalue weighted by Crippen LogP contribution is 2.75. The molecular formula is C28H28P2+2. The molecule has 0 radical (unpaired) electrons. The topological polar surface area (TPSA) is 0 Å². The van der Waals surface area contributed by atoms with Gasteiger partial charge in [0, 0.05) is 6.42 Å². The average Bonchev–Trinajstić information content (AvgIpc) is 2.86. The van der Waals surface area contributed by atoms with E-state index in [0.29, 0.717) is 0 Å². The molecule has 1 aliphatic heterocycles. The van der Waals surface area contributed by atoms with Gasteiger partial charge in [-0.25, -0.2) is 0 Å². The quantitative estimate of drug-likeness (QED) is 0.368. The maximum atomic E-state index is 2.40. The van der Waals surface area contributed by atoms with Crippen molar-refractivity contribution in [1.82, 2.24) is 0 Å². The second-order valence-corrected chi connectivity index (χ2v) is 16.2. The number of hydrogen-bond acceptors (Lipinski definition) is 0. The Kier molecular flexibility index (Phi) is 5.56. The second-order valence-electron chi connectivity index (χ2n) is 8.22. The van der Waals surface area contributed by atoms with Crippen molar-refractivity contribution in [3.63, 3.8) is 0 Å². The Morgan fingerprint density at radius 3 is 0.900 bits per heavy atom. The minimum atomic E-state index is -1.50. The zero-order valence-electron chi connectivity index (χ0n) is 17.3. The summed E-state index contributed by atoms with van der Waals surface area (Å²) in [6, 6.07) is 45.7. The summed E-state index contributed by atoms with van der Waals surface area (Å²) < 4.78 is 0. The monoisotopic (exact) mass is 426 g/mol. The van der Waals surface area contributed by atoms with Gasteiger partial charge in [0.2, 0.25) is 0 Å². The molecule has 0 spiro atoms. The maximum Gasteiger partial charge on any atom is 0.178 e. The summed E-state index contributed by atoms with van der Waals surface area (Å²) >= 11 is 0. The van der Waals surface area contributed by atoms with Gasteiger partial charge in [0.15, 0.2) is 5.90 Å². The van der Waals surface area contributed by atoms with Gasteiger partial charge in [0.05, 0.1) is 12.3 Å². The lowest BCUT2D eigenvalue weighted by atomic mass is 10.4. The largest absolute Gasteiger partial charge is 0.178 e. The summed E-state index contributed by atoms with van der Waals surface area (Å²) in [6.07, 6.45) is 3.94. The van der Waals surface area contributed by atoms with Crippen molar-refractivity contribution in [2.45, 2.75) is 6.42 Å². The van der Waals surface area contributed by atoms with Crippen molar-refractivity contribution in [1.29, 1.82) is 0 Å². The van der Waals surface area contributed by atoms with Gasteiger partial charge in [-0.15, -0.1) is 0 Å². The van der Waals surface area contributed by atoms with E-state index in [9.17, 15) is 0 Å². The lowest BCUT2D eigenvalue weighted by Crippen LogP contribution is -2.38. The van der Waals surface area contributed by atoms with Crippen molar-refractivity contribution < 1.29 is 0 Å². The summed E-state index contributed by atoms with van der Waals surface area (Å²) in [7, 11) is -3.00. The highest BCUT2D eigenvalue weighted by molar-refractivity contribution is 8.05. The van der Waals surface area contributed by atoms with Crippen LogP contribution in [0.3, 0.4) is 0 Å². The third-order valence-corrected chi connectivity index (χ3v) is 17.7. The summed E-state index contributed by atoms with van der Waals surface area (Å²) in [6.45, 7) is 0. The van der Waals surface area contributed by atoms with Crippen LogP contribution in [-0.2, 0) is 0 Å². The third kappa shape index (κ3) is 3.43. The van der Waals surface area contributed by atoms with Gasteiger partial charge >= 0.3 is 0 Å². The Labute approximate surface area is 181 Å². The molecule has 0 unspecified atom stereocenters. The molecule has 0 aliphatic carbocycles. The van der Waals surface area contributed by atoms with E-state index in [4.69, 9.17) is 0 Å². The molecule has 4 aromatic carbocycles. The highest BCUT2D eigenvalue weighted by Gasteiger charge is 2.59. The highest BCUT2D eigenvalue weighted by atomic mass is 31.2. The molecule has 2 heteroatoms. The molecule has 0 bridgehead atoms. The first-order valence-electron chi connectivity index (χ1n) is 10.8. The van der Waals surface area contributed by atoms with Crippen LogP contribution in [0.2, 0.25) is 0 Å². The van der Waals surface area contributed by atoms with Gasteiger partial charge in [-0.1, -0.05) is 72.8 Å². The smallest absolute Gasteiger partial charge is 0.0620 e. The number of benzene rings is 4. The first kappa shape index (κ1) is 19.7. The molecular weight excluding hydrogens is 398 g/mol. The van der Waals surface area contributed by atoms with Crippen LogP contribution < -0.4 is 21.2 Å². The molecule has 1 saturated heterocycles. The van der Waals surface area contributed by atoms with Gasteiger partial charge in [-0.2, -0.15) is 0 Å². The van der Waals surface area contributed by atoms with Crippen LogP contribution in [-0.4, -0.2) is 18.2 Å². The van der Waals surface area contributed by atoms with Crippen LogP contribution in [0.15, 0.2) is 121 Å². The van der Waals surface area contributed by atoms with E-state index in [1.54, 1.807) is 21.2 Å². The van der Waals surface area contributed by atoms with Crippen molar-refractivity contribution in [3.05, 3.63) is 121 Å². The van der Waals surface area contributed by atoms with E-state index in [2.05, 4.69) is 121 Å². The Bertz CT molecular complexity index is 909. The lowest BCUT2D eigenvalue weighted by molar-refractivity contribution is 1.08. The third-order valence-electron chi connectivity index (χ3n) is 6.56. The van der Waals surface area contributed by atoms with E-state index in [0.717, 1.165) is 0 Å². The standard InChI is InChI=1S/C28H28P2/c1-5-14-25(15-6-1)29(26-16-7-2-8-17-26)22-13-23-30(24-29,27-18-9-3-10-19-27)28-20-11-4-12-21-28/h1-12,14-21H,13,22-24H2/q+2. The molecule has 0 atom stereocenters. The van der Waals surface area contributed by atoms with Gasteiger partial charge < -0.3 is 0 Å². The molecule has 0 nitrogen and oxygen atoms in total. The Morgan fingerprint density at radius 1 is 0.367 bits per heavy atom. The summed E-state index contributed by atoms with van der Waals surface area (Å²) in [5.41, 5.74) is 0. The van der Waals surface area contributed by atoms with Gasteiger partial charge in [-0.3, -0.25) is 0 Å². The second kappa shape index (κ2) is 8.47. The van der Waals surface area contributed by atoms with Crippen molar-refractivity contribution in [2.24, 2.45) is 0 Å². The minimum Gasteiger partial charge on any atom is -0.0620 e. The first-order chi connectivity index (χ1) is 14.8. The van der Waals surface area contributed by atoms with Gasteiger partial charge in [0.25, 0.3) is 0 Å². The predicted octanol–water partition coefficient (Wildman–Crippen LogP) is 5.68. The zero-order valence-corrected chi connectivity index (χ0v) is 19.1. The Morgan fingerprint density at radius 2 is 0.633 bits per heavy atom. The molecule has 4 aromatic rings. The van der Waals surface area contributed by atoms with E-state index in [-0.39, 0.29) is 0 Å². The Balaban J connectivity index is 1.74. The normalized spacial score (nSPS) is 17.3. The van der Waals surface area contributed by atoms with Crippen LogP contribution in [0, 0.1) is 0 Å². The number of rotatable bonds is 4. The SMILES string of the molecule is c1ccc([P+]2(c3ccccc3)CCC[P+](c3ccccc3)(c3ccccc3)C2)cc1. The van der Waals surface area contributed by atoms with Crippen molar-refractivity contribution in [2.75, 3.05) is 18.2 Å². The first-order valence-corrected chi connectivity index (χ1v) is 15.1. The molecule has 1 heterocycles. The zero-order chi connectivity index (χ0) is 20.3. The number of hydrogen-bond donors (Lipinski definition) is 0. The summed E-state index contributed by atoms with van der Waals surface area (Å²) in [4.78, 5) is 0. The molecule has 0 amide bonds. The predicted molar refractivity (Wildman–Crippen MR) is 137 cm³/mol. The Hall–Kier alpha value is -2.26. The summed E-state index contributed by atoms with van der Waals surface area (Å²) in [5, 5.41) is 6.30. The molecule has 148 valence electrons. The van der Waals surface area contributed by atoms with Crippen molar-refractivity contribution in [3.8, 4) is 0 Å². The molecule has 0 aromatic heterocycles. The molecule has 5 rings (SSSR count). The maximum absolute atomic E-state index is 2.40. The molecule has 0 N–H and O–H groups in total. The molecule has 1 fully saturated rings. The minimum absolute atomic E-state index is 1.30. The van der Waals surface area contributed by atoms with Crippen LogP contribution in [0.4, 0.5) is 0 Å². The van der Waals surface area contributed by atoms with E-state index in [1.807, 2.05) is 0 Å². The van der Waals surface area contributed by atoms with E-state index in [1.165, 1.54) is 24.6 Å². The van der Waals surface area contributed by atoms with E-state index < -0.39 is 14.5 Å². The van der Waals surface area contributed by atoms with Crippen LogP contribution in [0.1, 0.15) is 6.42 Å². The van der Waals surface area contributed by atoms with Crippen molar-refractivity contribution >= 4 is 35.7 Å². The van der Waals surface area contributed by atoms with E-state index >= 15 is 0 Å². The molecule has 1 aliphatic rings. The fourth-order valence-corrected chi connectivity index (χ4v) is 18.4. The lowest BCUT2D eigenvalue weighted by Gasteiger charge is -2.38. The molecule has 0 saturated carbocycles. The fraction of sp³-hybridized carbons (Fsp3) is 0.143. The van der Waals surface area contributed by atoms with Crippen LogP contribution in [0.5, 0.6) is 0 Å². The fourth-order valence-electron chi connectivity index (χ4n) is 5.16. The van der Waals surface area contributed by atoms with Gasteiger partial charge in [0.1, 0.15) is 35.7 Å².